The Labute approximate surface area is 127 Å². The summed E-state index contributed by atoms with van der Waals surface area (Å²) in [7, 11) is 0. The molecule has 0 aliphatic rings. The largest absolute Gasteiger partial charge is 0.480 e. The van der Waals surface area contributed by atoms with Gasteiger partial charge < -0.3 is 15.1 Å². The predicted octanol–water partition coefficient (Wildman–Crippen LogP) is 2.28. The number of fused-ring (bicyclic) bond motifs is 1. The van der Waals surface area contributed by atoms with E-state index in [1.165, 1.54) is 12.1 Å². The third kappa shape index (κ3) is 2.33. The number of hydrogen-bond acceptors (Lipinski definition) is 3. The maximum absolute atomic E-state index is 13.0. The van der Waals surface area contributed by atoms with Crippen molar-refractivity contribution in [2.24, 2.45) is 0 Å². The third-order valence-electron chi connectivity index (χ3n) is 3.26. The van der Waals surface area contributed by atoms with Gasteiger partial charge in [0.1, 0.15) is 17.9 Å². The first-order valence-corrected chi connectivity index (χ1v) is 6.70. The summed E-state index contributed by atoms with van der Waals surface area (Å²) in [5.74, 6) is -1.52. The van der Waals surface area contributed by atoms with E-state index in [4.69, 9.17) is 17.3 Å². The Balaban J connectivity index is 2.25. The van der Waals surface area contributed by atoms with Crippen LogP contribution in [0.3, 0.4) is 0 Å². The zero-order chi connectivity index (χ0) is 15.9. The van der Waals surface area contributed by atoms with E-state index in [1.54, 1.807) is 18.3 Å². The van der Waals surface area contributed by atoms with Crippen molar-refractivity contribution in [3.63, 3.8) is 0 Å². The Bertz CT molecular complexity index is 985. The van der Waals surface area contributed by atoms with Crippen LogP contribution in [-0.2, 0) is 11.3 Å². The molecule has 3 rings (SSSR count). The molecule has 22 heavy (non-hydrogen) atoms. The molecule has 0 saturated heterocycles. The fraction of sp³-hybridized carbons (Fsp3) is 0.0714. The molecular formula is C14H10FN3O3S. The highest BCUT2D eigenvalue weighted by atomic mass is 32.1. The predicted molar refractivity (Wildman–Crippen MR) is 80.8 cm³/mol. The van der Waals surface area contributed by atoms with Gasteiger partial charge >= 0.3 is 5.97 Å². The summed E-state index contributed by atoms with van der Waals surface area (Å²) in [4.78, 5) is 28.8. The summed E-state index contributed by atoms with van der Waals surface area (Å²) in [6, 6.07) is 5.79. The van der Waals surface area contributed by atoms with Gasteiger partial charge in [-0.05, 0) is 29.9 Å². The minimum Gasteiger partial charge on any atom is -0.480 e. The number of aromatic nitrogens is 3. The molecule has 2 heterocycles. The number of nitrogens with zero attached hydrogens (tertiary/aromatic N) is 1. The van der Waals surface area contributed by atoms with E-state index in [9.17, 15) is 14.0 Å². The zero-order valence-electron chi connectivity index (χ0n) is 11.1. The van der Waals surface area contributed by atoms with Crippen molar-refractivity contribution < 1.29 is 14.3 Å². The first-order valence-electron chi connectivity index (χ1n) is 6.29. The Kier molecular flexibility index (Phi) is 3.38. The standard InChI is InChI=1S/C14H10FN3O3S/c15-8-3-1-7(2-4-8)9-5-16-12-11(9)17-14(22)18(13(12)21)6-10(19)20/h1-5,16H,6H2,(H,17,22)(H,19,20). The molecule has 6 nitrogen and oxygen atoms in total. The van der Waals surface area contributed by atoms with Gasteiger partial charge in [0.05, 0.1) is 5.52 Å². The van der Waals surface area contributed by atoms with E-state index in [0.717, 1.165) is 4.57 Å². The van der Waals surface area contributed by atoms with E-state index < -0.39 is 18.1 Å². The lowest BCUT2D eigenvalue weighted by Gasteiger charge is -2.04. The minimum absolute atomic E-state index is 0.0165. The van der Waals surface area contributed by atoms with E-state index >= 15 is 0 Å². The molecule has 0 atom stereocenters. The molecule has 0 spiro atoms. The molecule has 2 aromatic heterocycles. The second-order valence-corrected chi connectivity index (χ2v) is 5.06. The van der Waals surface area contributed by atoms with E-state index in [-0.39, 0.29) is 16.1 Å². The molecule has 0 bridgehead atoms. The number of carbonyl (C=O) groups is 1. The monoisotopic (exact) mass is 319 g/mol. The van der Waals surface area contributed by atoms with Crippen molar-refractivity contribution in [3.8, 4) is 11.1 Å². The van der Waals surface area contributed by atoms with Crippen molar-refractivity contribution in [1.29, 1.82) is 0 Å². The number of hydrogen-bond donors (Lipinski definition) is 3. The van der Waals surface area contributed by atoms with Gasteiger partial charge in [0, 0.05) is 11.8 Å². The first kappa shape index (κ1) is 14.2. The maximum Gasteiger partial charge on any atom is 0.323 e. The SMILES string of the molecule is O=C(O)Cn1c(=S)[nH]c2c(-c3ccc(F)cc3)c[nH]c2c1=O. The molecule has 3 aromatic rings. The van der Waals surface area contributed by atoms with Crippen LogP contribution in [0.15, 0.2) is 35.3 Å². The molecular weight excluding hydrogens is 309 g/mol. The van der Waals surface area contributed by atoms with Crippen LogP contribution in [0.25, 0.3) is 22.2 Å². The van der Waals surface area contributed by atoms with Gasteiger partial charge in [-0.1, -0.05) is 12.1 Å². The number of carboxylic acid groups (broad SMARTS) is 1. The Morgan fingerprint density at radius 3 is 2.59 bits per heavy atom. The van der Waals surface area contributed by atoms with Crippen molar-refractivity contribution in [2.45, 2.75) is 6.54 Å². The number of aromatic amines is 2. The van der Waals surface area contributed by atoms with Crippen molar-refractivity contribution in [2.75, 3.05) is 0 Å². The number of halogens is 1. The van der Waals surface area contributed by atoms with Crippen LogP contribution in [0.2, 0.25) is 0 Å². The average molecular weight is 319 g/mol. The van der Waals surface area contributed by atoms with Crippen LogP contribution >= 0.6 is 12.2 Å². The first-order chi connectivity index (χ1) is 10.5. The van der Waals surface area contributed by atoms with Crippen molar-refractivity contribution in [3.05, 3.63) is 51.4 Å². The third-order valence-corrected chi connectivity index (χ3v) is 3.59. The highest BCUT2D eigenvalue weighted by Crippen LogP contribution is 2.25. The van der Waals surface area contributed by atoms with Gasteiger partial charge in [0.25, 0.3) is 5.56 Å². The highest BCUT2D eigenvalue weighted by molar-refractivity contribution is 7.71. The number of H-pyrrole nitrogens is 2. The highest BCUT2D eigenvalue weighted by Gasteiger charge is 2.14. The van der Waals surface area contributed by atoms with E-state index in [0.29, 0.717) is 16.6 Å². The van der Waals surface area contributed by atoms with Crippen LogP contribution in [-0.4, -0.2) is 25.6 Å². The lowest BCUT2D eigenvalue weighted by molar-refractivity contribution is -0.137. The van der Waals surface area contributed by atoms with Crippen LogP contribution in [0.5, 0.6) is 0 Å². The van der Waals surface area contributed by atoms with E-state index in [2.05, 4.69) is 9.97 Å². The van der Waals surface area contributed by atoms with E-state index in [1.807, 2.05) is 0 Å². The normalized spacial score (nSPS) is 11.0. The molecule has 1 aromatic carbocycles. The summed E-state index contributed by atoms with van der Waals surface area (Å²) in [5, 5.41) is 8.83. The number of rotatable bonds is 3. The molecule has 0 aliphatic heterocycles. The van der Waals surface area contributed by atoms with Crippen molar-refractivity contribution in [1.82, 2.24) is 14.5 Å². The quantitative estimate of drug-likeness (QED) is 0.646. The van der Waals surface area contributed by atoms with Crippen LogP contribution in [0, 0.1) is 10.6 Å². The van der Waals surface area contributed by atoms with Gasteiger partial charge in [-0.15, -0.1) is 0 Å². The summed E-state index contributed by atoms with van der Waals surface area (Å²) in [6.07, 6.45) is 1.59. The molecule has 0 radical (unpaired) electrons. The number of carboxylic acids is 1. The molecule has 0 unspecified atom stereocenters. The summed E-state index contributed by atoms with van der Waals surface area (Å²) >= 11 is 5.05. The second kappa shape index (κ2) is 5.23. The van der Waals surface area contributed by atoms with Gasteiger partial charge in [-0.3, -0.25) is 14.2 Å². The Morgan fingerprint density at radius 2 is 1.95 bits per heavy atom. The fourth-order valence-electron chi connectivity index (χ4n) is 2.26. The fourth-order valence-corrected chi connectivity index (χ4v) is 2.51. The lowest BCUT2D eigenvalue weighted by atomic mass is 10.1. The second-order valence-electron chi connectivity index (χ2n) is 4.67. The zero-order valence-corrected chi connectivity index (χ0v) is 11.9. The smallest absolute Gasteiger partial charge is 0.323 e. The van der Waals surface area contributed by atoms with Crippen LogP contribution < -0.4 is 5.56 Å². The minimum atomic E-state index is -1.16. The molecule has 0 amide bonds. The number of aliphatic carboxylic acids is 1. The lowest BCUT2D eigenvalue weighted by Crippen LogP contribution is -2.25. The van der Waals surface area contributed by atoms with Gasteiger partial charge in [0.15, 0.2) is 4.77 Å². The molecule has 3 N–H and O–H groups in total. The number of benzene rings is 1. The Hall–Kier alpha value is -2.74. The van der Waals surface area contributed by atoms with Gasteiger partial charge in [0.2, 0.25) is 0 Å². The molecule has 8 heteroatoms. The molecule has 0 saturated carbocycles. The van der Waals surface area contributed by atoms with Crippen LogP contribution in [0.4, 0.5) is 4.39 Å². The number of nitrogens with one attached hydrogen (secondary N) is 2. The molecule has 0 fully saturated rings. The average Bonchev–Trinajstić information content (AvgIpc) is 2.88. The summed E-state index contributed by atoms with van der Waals surface area (Å²) in [5.41, 5.74) is 1.52. The summed E-state index contributed by atoms with van der Waals surface area (Å²) in [6.45, 7) is -0.519. The molecule has 112 valence electrons. The summed E-state index contributed by atoms with van der Waals surface area (Å²) < 4.78 is 14.0. The Morgan fingerprint density at radius 1 is 1.27 bits per heavy atom. The van der Waals surface area contributed by atoms with Gasteiger partial charge in [-0.2, -0.15) is 0 Å². The van der Waals surface area contributed by atoms with Gasteiger partial charge in [-0.25, -0.2) is 4.39 Å². The van der Waals surface area contributed by atoms with Crippen molar-refractivity contribution >= 4 is 29.2 Å². The topological polar surface area (TPSA) is 90.9 Å². The maximum atomic E-state index is 13.0. The molecule has 0 aliphatic carbocycles. The van der Waals surface area contributed by atoms with Crippen LogP contribution in [0.1, 0.15) is 0 Å².